The Morgan fingerprint density at radius 1 is 1.25 bits per heavy atom. The normalized spacial score (nSPS) is 9.50. The van der Waals surface area contributed by atoms with Crippen molar-refractivity contribution < 1.29 is 4.74 Å². The molecule has 1 heterocycles. The maximum atomic E-state index is 9.00. The molecule has 0 atom stereocenters. The second-order valence-electron chi connectivity index (χ2n) is 3.02. The van der Waals surface area contributed by atoms with Crippen LogP contribution in [0.15, 0.2) is 47.2 Å². The van der Waals surface area contributed by atoms with E-state index >= 15 is 0 Å². The van der Waals surface area contributed by atoms with Gasteiger partial charge in [0, 0.05) is 10.7 Å². The summed E-state index contributed by atoms with van der Waals surface area (Å²) >= 11 is 3.30. The zero-order valence-electron chi connectivity index (χ0n) is 8.22. The maximum absolute atomic E-state index is 9.00. The molecule has 0 fully saturated rings. The lowest BCUT2D eigenvalue weighted by atomic mass is 10.2. The summed E-state index contributed by atoms with van der Waals surface area (Å²) in [5, 5.41) is 9.00. The highest BCUT2D eigenvalue weighted by Crippen LogP contribution is 2.29. The molecule has 2 aromatic rings. The minimum atomic E-state index is 0.478. The van der Waals surface area contributed by atoms with E-state index in [0.29, 0.717) is 17.1 Å². The molecule has 0 aliphatic rings. The van der Waals surface area contributed by atoms with E-state index in [0.717, 1.165) is 4.47 Å². The van der Waals surface area contributed by atoms with Crippen LogP contribution < -0.4 is 4.74 Å². The van der Waals surface area contributed by atoms with Crippen LogP contribution in [0.4, 0.5) is 0 Å². The number of benzene rings is 1. The molecule has 1 aromatic heterocycles. The predicted molar refractivity (Wildman–Crippen MR) is 63.2 cm³/mol. The third-order valence-electron chi connectivity index (χ3n) is 1.95. The van der Waals surface area contributed by atoms with Gasteiger partial charge in [0.1, 0.15) is 23.1 Å². The number of aromatic nitrogens is 1. The Kier molecular flexibility index (Phi) is 3.18. The summed E-state index contributed by atoms with van der Waals surface area (Å²) in [6, 6.07) is 11.0. The van der Waals surface area contributed by atoms with Crippen molar-refractivity contribution in [1.29, 1.82) is 5.26 Å². The minimum absolute atomic E-state index is 0.478. The third-order valence-corrected chi connectivity index (χ3v) is 2.61. The molecule has 0 radical (unpaired) electrons. The second-order valence-corrected chi connectivity index (χ2v) is 3.87. The van der Waals surface area contributed by atoms with E-state index in [1.807, 2.05) is 6.07 Å². The lowest BCUT2D eigenvalue weighted by Gasteiger charge is -2.07. The summed E-state index contributed by atoms with van der Waals surface area (Å²) in [4.78, 5) is 3.94. The highest BCUT2D eigenvalue weighted by molar-refractivity contribution is 9.10. The summed E-state index contributed by atoms with van der Waals surface area (Å²) < 4.78 is 6.29. The van der Waals surface area contributed by atoms with E-state index in [1.54, 1.807) is 36.7 Å². The first-order valence-corrected chi connectivity index (χ1v) is 5.37. The van der Waals surface area contributed by atoms with Gasteiger partial charge in [0.15, 0.2) is 0 Å². The number of ether oxygens (including phenoxy) is 1. The average molecular weight is 275 g/mol. The number of nitriles is 1. The van der Waals surface area contributed by atoms with E-state index in [2.05, 4.69) is 27.0 Å². The molecule has 0 saturated heterocycles. The Bertz CT molecular complexity index is 534. The van der Waals surface area contributed by atoms with Crippen LogP contribution in [0.5, 0.6) is 11.5 Å². The predicted octanol–water partition coefficient (Wildman–Crippen LogP) is 3.51. The summed E-state index contributed by atoms with van der Waals surface area (Å²) in [5.74, 6) is 1.13. The Balaban J connectivity index is 2.36. The van der Waals surface area contributed by atoms with Crippen molar-refractivity contribution in [3.8, 4) is 17.6 Å². The number of rotatable bonds is 2. The first-order valence-electron chi connectivity index (χ1n) is 4.58. The largest absolute Gasteiger partial charge is 0.454 e. The molecule has 0 saturated carbocycles. The molecule has 0 bridgehead atoms. The molecule has 1 aromatic carbocycles. The van der Waals surface area contributed by atoms with E-state index in [4.69, 9.17) is 10.00 Å². The topological polar surface area (TPSA) is 45.9 Å². The second kappa shape index (κ2) is 4.77. The summed E-state index contributed by atoms with van der Waals surface area (Å²) in [6.45, 7) is 0. The summed E-state index contributed by atoms with van der Waals surface area (Å²) in [7, 11) is 0. The fraction of sp³-hybridized carbons (Fsp3) is 0. The zero-order chi connectivity index (χ0) is 11.4. The fourth-order valence-electron chi connectivity index (χ4n) is 1.23. The van der Waals surface area contributed by atoms with Crippen LogP contribution in [0, 0.1) is 11.3 Å². The Labute approximate surface area is 101 Å². The van der Waals surface area contributed by atoms with Crippen molar-refractivity contribution in [2.24, 2.45) is 0 Å². The minimum Gasteiger partial charge on any atom is -0.454 e. The molecule has 0 spiro atoms. The van der Waals surface area contributed by atoms with Gasteiger partial charge in [0.05, 0.1) is 6.20 Å². The van der Waals surface area contributed by atoms with Crippen LogP contribution in [0.2, 0.25) is 0 Å². The molecule has 78 valence electrons. The van der Waals surface area contributed by atoms with E-state index in [1.165, 1.54) is 0 Å². The zero-order valence-corrected chi connectivity index (χ0v) is 9.81. The number of pyridine rings is 1. The quantitative estimate of drug-likeness (QED) is 0.842. The molecule has 4 heteroatoms. The number of nitrogens with zero attached hydrogens (tertiary/aromatic N) is 2. The van der Waals surface area contributed by atoms with Gasteiger partial charge in [-0.2, -0.15) is 5.26 Å². The van der Waals surface area contributed by atoms with Gasteiger partial charge in [-0.1, -0.05) is 6.07 Å². The van der Waals surface area contributed by atoms with Crippen LogP contribution in [0.25, 0.3) is 0 Å². The average Bonchev–Trinajstić information content (AvgIpc) is 2.31. The van der Waals surface area contributed by atoms with Crippen molar-refractivity contribution in [1.82, 2.24) is 4.98 Å². The van der Waals surface area contributed by atoms with E-state index < -0.39 is 0 Å². The molecule has 0 unspecified atom stereocenters. The van der Waals surface area contributed by atoms with E-state index in [-0.39, 0.29) is 0 Å². The van der Waals surface area contributed by atoms with Crippen LogP contribution in [-0.4, -0.2) is 4.98 Å². The lowest BCUT2D eigenvalue weighted by molar-refractivity contribution is 0.478. The van der Waals surface area contributed by atoms with Gasteiger partial charge in [0.25, 0.3) is 0 Å². The van der Waals surface area contributed by atoms with Gasteiger partial charge in [-0.05, 0) is 40.2 Å². The lowest BCUT2D eigenvalue weighted by Crippen LogP contribution is -1.89. The van der Waals surface area contributed by atoms with Gasteiger partial charge < -0.3 is 4.74 Å². The maximum Gasteiger partial charge on any atom is 0.146 e. The SMILES string of the molecule is N#Cc1c(Br)cccc1Oc1cccnc1. The van der Waals surface area contributed by atoms with Crippen molar-refractivity contribution >= 4 is 15.9 Å². The first kappa shape index (κ1) is 10.7. The van der Waals surface area contributed by atoms with Gasteiger partial charge >= 0.3 is 0 Å². The molecule has 2 rings (SSSR count). The summed E-state index contributed by atoms with van der Waals surface area (Å²) in [5.41, 5.74) is 0.478. The highest BCUT2D eigenvalue weighted by Gasteiger charge is 2.07. The number of hydrogen-bond donors (Lipinski definition) is 0. The fourth-order valence-corrected chi connectivity index (χ4v) is 1.67. The van der Waals surface area contributed by atoms with Crippen molar-refractivity contribution in [2.75, 3.05) is 0 Å². The highest BCUT2D eigenvalue weighted by atomic mass is 79.9. The van der Waals surface area contributed by atoms with E-state index in [9.17, 15) is 0 Å². The molecule has 0 aliphatic heterocycles. The van der Waals surface area contributed by atoms with Gasteiger partial charge in [-0.3, -0.25) is 4.98 Å². The van der Waals surface area contributed by atoms with Crippen LogP contribution >= 0.6 is 15.9 Å². The Morgan fingerprint density at radius 2 is 2.12 bits per heavy atom. The molecule has 3 nitrogen and oxygen atoms in total. The number of halogens is 1. The molecular formula is C12H7BrN2O. The summed E-state index contributed by atoms with van der Waals surface area (Å²) in [6.07, 6.45) is 3.26. The van der Waals surface area contributed by atoms with Gasteiger partial charge in [-0.15, -0.1) is 0 Å². The Morgan fingerprint density at radius 3 is 2.81 bits per heavy atom. The smallest absolute Gasteiger partial charge is 0.146 e. The monoisotopic (exact) mass is 274 g/mol. The molecule has 0 aliphatic carbocycles. The standard InChI is InChI=1S/C12H7BrN2O/c13-11-4-1-5-12(10(11)7-14)16-9-3-2-6-15-8-9/h1-6,8H. The molecule has 16 heavy (non-hydrogen) atoms. The van der Waals surface area contributed by atoms with Crippen LogP contribution in [-0.2, 0) is 0 Å². The van der Waals surface area contributed by atoms with Crippen molar-refractivity contribution in [3.63, 3.8) is 0 Å². The molecular weight excluding hydrogens is 268 g/mol. The van der Waals surface area contributed by atoms with Crippen LogP contribution in [0.1, 0.15) is 5.56 Å². The Hall–Kier alpha value is -1.86. The van der Waals surface area contributed by atoms with Gasteiger partial charge in [-0.25, -0.2) is 0 Å². The van der Waals surface area contributed by atoms with Gasteiger partial charge in [0.2, 0.25) is 0 Å². The molecule has 0 N–H and O–H groups in total. The van der Waals surface area contributed by atoms with Crippen LogP contribution in [0.3, 0.4) is 0 Å². The molecule has 0 amide bonds. The first-order chi connectivity index (χ1) is 7.81. The van der Waals surface area contributed by atoms with Crippen molar-refractivity contribution in [3.05, 3.63) is 52.8 Å². The number of hydrogen-bond acceptors (Lipinski definition) is 3. The van der Waals surface area contributed by atoms with Crippen molar-refractivity contribution in [2.45, 2.75) is 0 Å². The third kappa shape index (κ3) is 2.20.